The normalized spacial score (nSPS) is 9.74. The number of carbonyl (C=O) groups excluding carboxylic acids is 2. The van der Waals surface area contributed by atoms with Gasteiger partial charge in [-0.15, -0.1) is 11.6 Å². The van der Waals surface area contributed by atoms with Crippen LogP contribution in [-0.2, 0) is 22.4 Å². The summed E-state index contributed by atoms with van der Waals surface area (Å²) in [5, 5.41) is 8.75. The van der Waals surface area contributed by atoms with Crippen LogP contribution in [0.5, 0.6) is 0 Å². The number of halogens is 1. The van der Waals surface area contributed by atoms with E-state index >= 15 is 0 Å². The molecule has 0 radical (unpaired) electrons. The van der Waals surface area contributed by atoms with Gasteiger partial charge in [0.05, 0.1) is 30.5 Å². The summed E-state index contributed by atoms with van der Waals surface area (Å²) in [5.74, 6) is -0.678. The summed E-state index contributed by atoms with van der Waals surface area (Å²) in [4.78, 5) is 23.0. The predicted molar refractivity (Wildman–Crippen MR) is 71.1 cm³/mol. The second kappa shape index (κ2) is 7.55. The van der Waals surface area contributed by atoms with Gasteiger partial charge >= 0.3 is 5.97 Å². The summed E-state index contributed by atoms with van der Waals surface area (Å²) >= 11 is 5.48. The Labute approximate surface area is 116 Å². The highest BCUT2D eigenvalue weighted by atomic mass is 35.5. The van der Waals surface area contributed by atoms with E-state index in [0.29, 0.717) is 11.1 Å². The molecule has 0 aromatic heterocycles. The minimum absolute atomic E-state index is 0.0877. The van der Waals surface area contributed by atoms with Crippen LogP contribution in [0.2, 0.25) is 0 Å². The van der Waals surface area contributed by atoms with E-state index < -0.39 is 5.97 Å². The molecule has 0 saturated heterocycles. The van der Waals surface area contributed by atoms with Gasteiger partial charge in [-0.05, 0) is 30.2 Å². The van der Waals surface area contributed by atoms with E-state index in [4.69, 9.17) is 21.6 Å². The highest BCUT2D eigenvalue weighted by molar-refractivity contribution is 6.27. The van der Waals surface area contributed by atoms with Crippen molar-refractivity contribution in [3.8, 4) is 6.07 Å². The Morgan fingerprint density at radius 2 is 2.11 bits per heavy atom. The summed E-state index contributed by atoms with van der Waals surface area (Å²) in [5.41, 5.74) is 1.76. The van der Waals surface area contributed by atoms with Gasteiger partial charge in [-0.1, -0.05) is 6.07 Å². The van der Waals surface area contributed by atoms with Crippen LogP contribution in [0.25, 0.3) is 0 Å². The molecule has 0 aliphatic carbocycles. The molecule has 0 amide bonds. The summed E-state index contributed by atoms with van der Waals surface area (Å²) in [6.07, 6.45) is 0.307. The molecule has 1 aromatic rings. The second-order valence-electron chi connectivity index (χ2n) is 3.89. The Balaban J connectivity index is 3.07. The zero-order chi connectivity index (χ0) is 14.3. The number of ether oxygens (including phenoxy) is 1. The molecule has 0 fully saturated rings. The smallest absolute Gasteiger partial charge is 0.338 e. The lowest BCUT2D eigenvalue weighted by Gasteiger charge is -2.08. The summed E-state index contributed by atoms with van der Waals surface area (Å²) in [7, 11) is 0. The van der Waals surface area contributed by atoms with Crippen molar-refractivity contribution in [1.82, 2.24) is 0 Å². The Morgan fingerprint density at radius 3 is 2.68 bits per heavy atom. The number of rotatable bonds is 6. The van der Waals surface area contributed by atoms with Gasteiger partial charge in [-0.2, -0.15) is 5.26 Å². The van der Waals surface area contributed by atoms with Gasteiger partial charge in [0.1, 0.15) is 0 Å². The highest BCUT2D eigenvalue weighted by Gasteiger charge is 2.12. The highest BCUT2D eigenvalue weighted by Crippen LogP contribution is 2.15. The van der Waals surface area contributed by atoms with Crippen LogP contribution in [-0.4, -0.2) is 24.2 Å². The molecule has 100 valence electrons. The number of benzene rings is 1. The van der Waals surface area contributed by atoms with Crippen molar-refractivity contribution in [2.24, 2.45) is 0 Å². The fourth-order valence-electron chi connectivity index (χ4n) is 1.65. The van der Waals surface area contributed by atoms with Crippen LogP contribution in [0.4, 0.5) is 0 Å². The Kier molecular flexibility index (Phi) is 6.04. The maximum atomic E-state index is 11.6. The van der Waals surface area contributed by atoms with Gasteiger partial charge in [0.2, 0.25) is 0 Å². The first-order valence-corrected chi connectivity index (χ1v) is 6.39. The number of ketones is 1. The van der Waals surface area contributed by atoms with E-state index in [1.165, 1.54) is 0 Å². The first kappa shape index (κ1) is 15.2. The van der Waals surface area contributed by atoms with Crippen LogP contribution < -0.4 is 0 Å². The number of carbonyl (C=O) groups is 2. The molecule has 0 saturated carbocycles. The van der Waals surface area contributed by atoms with E-state index in [0.717, 1.165) is 5.56 Å². The molecule has 0 aliphatic rings. The molecular weight excluding hydrogens is 266 g/mol. The first-order chi connectivity index (χ1) is 9.12. The van der Waals surface area contributed by atoms with Crippen LogP contribution in [0, 0.1) is 11.3 Å². The monoisotopic (exact) mass is 279 g/mol. The molecular formula is C14H14ClNO3. The standard InChI is InChI=1S/C14H14ClNO3/c1-2-19-14(18)11-4-3-10(5-6-16)12(7-11)8-13(17)9-15/h3-4,7H,2,5,8-9H2,1H3. The largest absolute Gasteiger partial charge is 0.462 e. The van der Waals surface area contributed by atoms with E-state index in [2.05, 4.69) is 0 Å². The zero-order valence-corrected chi connectivity index (χ0v) is 11.4. The SMILES string of the molecule is CCOC(=O)c1ccc(CC#N)c(CC(=O)CCl)c1. The molecule has 0 N–H and O–H groups in total. The second-order valence-corrected chi connectivity index (χ2v) is 4.16. The van der Waals surface area contributed by atoms with E-state index in [1.54, 1.807) is 25.1 Å². The quantitative estimate of drug-likeness (QED) is 0.592. The average Bonchev–Trinajstić information content (AvgIpc) is 2.41. The van der Waals surface area contributed by atoms with Crippen LogP contribution >= 0.6 is 11.6 Å². The number of nitriles is 1. The lowest BCUT2D eigenvalue weighted by Crippen LogP contribution is -2.10. The molecule has 1 rings (SSSR count). The van der Waals surface area contributed by atoms with Crippen molar-refractivity contribution in [2.75, 3.05) is 12.5 Å². The number of Topliss-reactive ketones (excluding diaryl/α,β-unsaturated/α-hetero) is 1. The van der Waals surface area contributed by atoms with E-state index in [9.17, 15) is 9.59 Å². The van der Waals surface area contributed by atoms with Crippen LogP contribution in [0.15, 0.2) is 18.2 Å². The number of esters is 1. The number of hydrogen-bond acceptors (Lipinski definition) is 4. The third kappa shape index (κ3) is 4.38. The van der Waals surface area contributed by atoms with Gasteiger partial charge in [-0.25, -0.2) is 4.79 Å². The van der Waals surface area contributed by atoms with Crippen LogP contribution in [0.3, 0.4) is 0 Å². The van der Waals surface area contributed by atoms with E-state index in [1.807, 2.05) is 6.07 Å². The van der Waals surface area contributed by atoms with Gasteiger partial charge in [0.25, 0.3) is 0 Å². The van der Waals surface area contributed by atoms with Crippen molar-refractivity contribution in [3.63, 3.8) is 0 Å². The molecule has 0 spiro atoms. The summed E-state index contributed by atoms with van der Waals surface area (Å²) in [6.45, 7) is 2.01. The van der Waals surface area contributed by atoms with Crippen molar-refractivity contribution in [3.05, 3.63) is 34.9 Å². The minimum Gasteiger partial charge on any atom is -0.462 e. The predicted octanol–water partition coefficient (Wildman–Crippen LogP) is 2.28. The first-order valence-electron chi connectivity index (χ1n) is 5.85. The third-order valence-corrected chi connectivity index (χ3v) is 2.82. The van der Waals surface area contributed by atoms with Crippen molar-refractivity contribution in [2.45, 2.75) is 19.8 Å². The van der Waals surface area contributed by atoms with Gasteiger partial charge in [0.15, 0.2) is 5.78 Å². The van der Waals surface area contributed by atoms with Crippen LogP contribution in [0.1, 0.15) is 28.4 Å². The minimum atomic E-state index is -0.439. The Bertz CT molecular complexity index is 520. The van der Waals surface area contributed by atoms with Crippen molar-refractivity contribution < 1.29 is 14.3 Å². The van der Waals surface area contributed by atoms with Gasteiger partial charge in [0, 0.05) is 6.42 Å². The maximum absolute atomic E-state index is 11.6. The molecule has 4 nitrogen and oxygen atoms in total. The molecule has 0 heterocycles. The van der Waals surface area contributed by atoms with Crippen molar-refractivity contribution >= 4 is 23.4 Å². The molecule has 0 aliphatic heterocycles. The van der Waals surface area contributed by atoms with Gasteiger partial charge in [-0.3, -0.25) is 4.79 Å². The molecule has 5 heteroatoms. The molecule has 0 bridgehead atoms. The third-order valence-electron chi connectivity index (χ3n) is 2.52. The number of alkyl halides is 1. The summed E-state index contributed by atoms with van der Waals surface area (Å²) < 4.78 is 4.90. The van der Waals surface area contributed by atoms with Crippen molar-refractivity contribution in [1.29, 1.82) is 5.26 Å². The average molecular weight is 280 g/mol. The Morgan fingerprint density at radius 1 is 1.37 bits per heavy atom. The van der Waals surface area contributed by atoms with Gasteiger partial charge < -0.3 is 4.74 Å². The topological polar surface area (TPSA) is 67.2 Å². The Hall–Kier alpha value is -1.86. The maximum Gasteiger partial charge on any atom is 0.338 e. The molecule has 1 aromatic carbocycles. The molecule has 0 unspecified atom stereocenters. The molecule has 19 heavy (non-hydrogen) atoms. The number of hydrogen-bond donors (Lipinski definition) is 0. The fourth-order valence-corrected chi connectivity index (χ4v) is 1.74. The fraction of sp³-hybridized carbons (Fsp3) is 0.357. The number of nitrogens with zero attached hydrogens (tertiary/aromatic N) is 1. The lowest BCUT2D eigenvalue weighted by atomic mass is 9.98. The van der Waals surface area contributed by atoms with E-state index in [-0.39, 0.29) is 31.1 Å². The summed E-state index contributed by atoms with van der Waals surface area (Å²) in [6, 6.07) is 6.89. The zero-order valence-electron chi connectivity index (χ0n) is 10.6. The lowest BCUT2D eigenvalue weighted by molar-refractivity contribution is -0.116. The molecule has 0 atom stereocenters.